The maximum absolute atomic E-state index is 12.8. The van der Waals surface area contributed by atoms with Crippen LogP contribution in [0.25, 0.3) is 10.9 Å². The highest BCUT2D eigenvalue weighted by Crippen LogP contribution is 2.15. The highest BCUT2D eigenvalue weighted by atomic mass is 16.2. The summed E-state index contributed by atoms with van der Waals surface area (Å²) in [5.41, 5.74) is 2.22. The molecule has 0 saturated carbocycles. The van der Waals surface area contributed by atoms with Gasteiger partial charge in [-0.25, -0.2) is 4.68 Å². The normalized spacial score (nSPS) is 12.1. The lowest BCUT2D eigenvalue weighted by molar-refractivity contribution is -0.124. The molecule has 2 aromatic carbocycles. The number of aromatic nitrogens is 5. The summed E-state index contributed by atoms with van der Waals surface area (Å²) >= 11 is 0. The summed E-state index contributed by atoms with van der Waals surface area (Å²) in [6.45, 7) is 1.23. The standard InChI is InChI=1S/C20H20N6O/c27-20(21-11-13-25-12-10-17-8-4-5-9-18(17)25)19(26-15-22-23-24-26)14-16-6-2-1-3-7-16/h1-10,12,15,19H,11,13-14H2,(H,21,27). The van der Waals surface area contributed by atoms with Crippen LogP contribution in [0, 0.1) is 0 Å². The van der Waals surface area contributed by atoms with Gasteiger partial charge in [0.15, 0.2) is 0 Å². The molecule has 1 atom stereocenters. The van der Waals surface area contributed by atoms with E-state index in [0.717, 1.165) is 11.1 Å². The number of nitrogens with zero attached hydrogens (tertiary/aromatic N) is 5. The molecule has 0 aliphatic rings. The number of carbonyl (C=O) groups is 1. The first kappa shape index (κ1) is 17.0. The molecule has 7 heteroatoms. The molecule has 1 unspecified atom stereocenters. The van der Waals surface area contributed by atoms with Gasteiger partial charge in [-0.2, -0.15) is 0 Å². The smallest absolute Gasteiger partial charge is 0.245 e. The maximum atomic E-state index is 12.8. The molecule has 0 bridgehead atoms. The Morgan fingerprint density at radius 1 is 1.04 bits per heavy atom. The van der Waals surface area contributed by atoms with E-state index in [0.29, 0.717) is 19.5 Å². The largest absolute Gasteiger partial charge is 0.352 e. The average molecular weight is 360 g/mol. The van der Waals surface area contributed by atoms with Crippen LogP contribution in [-0.4, -0.2) is 37.2 Å². The first-order valence-electron chi connectivity index (χ1n) is 8.89. The average Bonchev–Trinajstić information content (AvgIpc) is 3.37. The van der Waals surface area contributed by atoms with Gasteiger partial charge in [-0.15, -0.1) is 5.10 Å². The van der Waals surface area contributed by atoms with Gasteiger partial charge in [-0.05, 0) is 33.5 Å². The van der Waals surface area contributed by atoms with Gasteiger partial charge in [0.25, 0.3) is 0 Å². The quantitative estimate of drug-likeness (QED) is 0.548. The van der Waals surface area contributed by atoms with Crippen molar-refractivity contribution in [3.8, 4) is 0 Å². The summed E-state index contributed by atoms with van der Waals surface area (Å²) in [4.78, 5) is 12.8. The molecule has 0 fully saturated rings. The first-order valence-corrected chi connectivity index (χ1v) is 8.89. The molecule has 7 nitrogen and oxygen atoms in total. The summed E-state index contributed by atoms with van der Waals surface area (Å²) in [5, 5.41) is 15.5. The van der Waals surface area contributed by atoms with Crippen molar-refractivity contribution in [1.82, 2.24) is 30.1 Å². The molecular weight excluding hydrogens is 340 g/mol. The van der Waals surface area contributed by atoms with Crippen LogP contribution in [0.15, 0.2) is 73.2 Å². The number of carbonyl (C=O) groups excluding carboxylic acids is 1. The fourth-order valence-electron chi connectivity index (χ4n) is 3.21. The van der Waals surface area contributed by atoms with Gasteiger partial charge < -0.3 is 9.88 Å². The molecule has 4 aromatic rings. The summed E-state index contributed by atoms with van der Waals surface area (Å²) < 4.78 is 3.65. The number of hydrogen-bond donors (Lipinski definition) is 1. The Kier molecular flexibility index (Phi) is 4.91. The van der Waals surface area contributed by atoms with E-state index in [2.05, 4.69) is 43.6 Å². The van der Waals surface area contributed by atoms with Gasteiger partial charge in [-0.1, -0.05) is 48.5 Å². The summed E-state index contributed by atoms with van der Waals surface area (Å²) in [7, 11) is 0. The van der Waals surface area contributed by atoms with Crippen molar-refractivity contribution in [2.45, 2.75) is 19.0 Å². The Morgan fingerprint density at radius 2 is 1.85 bits per heavy atom. The Morgan fingerprint density at radius 3 is 2.67 bits per heavy atom. The third-order valence-corrected chi connectivity index (χ3v) is 4.59. The third kappa shape index (κ3) is 3.87. The zero-order chi connectivity index (χ0) is 18.5. The summed E-state index contributed by atoms with van der Waals surface area (Å²) in [5.74, 6) is -0.0948. The van der Waals surface area contributed by atoms with Gasteiger partial charge in [0, 0.05) is 31.2 Å². The molecule has 0 spiro atoms. The van der Waals surface area contributed by atoms with Gasteiger partial charge in [0.2, 0.25) is 5.91 Å². The molecule has 4 rings (SSSR count). The fourth-order valence-corrected chi connectivity index (χ4v) is 3.21. The van der Waals surface area contributed by atoms with E-state index in [-0.39, 0.29) is 5.91 Å². The maximum Gasteiger partial charge on any atom is 0.245 e. The van der Waals surface area contributed by atoms with E-state index in [1.807, 2.05) is 48.7 Å². The fraction of sp³-hybridized carbons (Fsp3) is 0.200. The van der Waals surface area contributed by atoms with E-state index < -0.39 is 6.04 Å². The minimum absolute atomic E-state index is 0.0948. The van der Waals surface area contributed by atoms with Crippen LogP contribution in [0.2, 0.25) is 0 Å². The summed E-state index contributed by atoms with van der Waals surface area (Å²) in [6.07, 6.45) is 4.05. The van der Waals surface area contributed by atoms with Crippen LogP contribution in [0.1, 0.15) is 11.6 Å². The molecule has 136 valence electrons. The van der Waals surface area contributed by atoms with Crippen LogP contribution in [0.3, 0.4) is 0 Å². The minimum Gasteiger partial charge on any atom is -0.352 e. The van der Waals surface area contributed by atoms with Crippen LogP contribution in [-0.2, 0) is 17.8 Å². The predicted octanol–water partition coefficient (Wildman–Crippen LogP) is 2.23. The zero-order valence-electron chi connectivity index (χ0n) is 14.8. The van der Waals surface area contributed by atoms with Gasteiger partial charge in [-0.3, -0.25) is 4.79 Å². The van der Waals surface area contributed by atoms with Crippen molar-refractivity contribution in [3.05, 3.63) is 78.8 Å². The highest BCUT2D eigenvalue weighted by molar-refractivity contribution is 5.81. The van der Waals surface area contributed by atoms with Crippen molar-refractivity contribution in [3.63, 3.8) is 0 Å². The lowest BCUT2D eigenvalue weighted by Gasteiger charge is -2.16. The highest BCUT2D eigenvalue weighted by Gasteiger charge is 2.22. The second kappa shape index (κ2) is 7.82. The van der Waals surface area contributed by atoms with Gasteiger partial charge in [0.1, 0.15) is 12.4 Å². The summed E-state index contributed by atoms with van der Waals surface area (Å²) in [6, 6.07) is 19.7. The SMILES string of the molecule is O=C(NCCn1ccc2ccccc21)C(Cc1ccccc1)n1cnnn1. The Hall–Kier alpha value is -3.48. The third-order valence-electron chi connectivity index (χ3n) is 4.59. The van der Waals surface area contributed by atoms with Gasteiger partial charge in [0.05, 0.1) is 0 Å². The Labute approximate surface area is 156 Å². The molecule has 27 heavy (non-hydrogen) atoms. The minimum atomic E-state index is -0.483. The second-order valence-corrected chi connectivity index (χ2v) is 6.35. The van der Waals surface area contributed by atoms with E-state index >= 15 is 0 Å². The number of fused-ring (bicyclic) bond motifs is 1. The van der Waals surface area contributed by atoms with Crippen molar-refractivity contribution in [2.24, 2.45) is 0 Å². The molecule has 0 aliphatic carbocycles. The number of amides is 1. The van der Waals surface area contributed by atoms with Crippen LogP contribution < -0.4 is 5.32 Å². The molecule has 0 aliphatic heterocycles. The van der Waals surface area contributed by atoms with E-state index in [9.17, 15) is 4.79 Å². The molecule has 0 radical (unpaired) electrons. The Balaban J connectivity index is 1.42. The lowest BCUT2D eigenvalue weighted by Crippen LogP contribution is -2.36. The lowest BCUT2D eigenvalue weighted by atomic mass is 10.1. The van der Waals surface area contributed by atoms with Gasteiger partial charge >= 0.3 is 0 Å². The number of para-hydroxylation sites is 1. The van der Waals surface area contributed by atoms with E-state index in [1.165, 1.54) is 16.4 Å². The van der Waals surface area contributed by atoms with Crippen LogP contribution in [0.5, 0.6) is 0 Å². The predicted molar refractivity (Wildman–Crippen MR) is 102 cm³/mol. The first-order chi connectivity index (χ1) is 13.3. The second-order valence-electron chi connectivity index (χ2n) is 6.35. The number of hydrogen-bond acceptors (Lipinski definition) is 4. The molecule has 0 saturated heterocycles. The van der Waals surface area contributed by atoms with Crippen LogP contribution in [0.4, 0.5) is 0 Å². The van der Waals surface area contributed by atoms with Crippen LogP contribution >= 0.6 is 0 Å². The van der Waals surface area contributed by atoms with E-state index in [4.69, 9.17) is 0 Å². The Bertz CT molecular complexity index is 1010. The number of benzene rings is 2. The molecule has 2 heterocycles. The van der Waals surface area contributed by atoms with Crippen molar-refractivity contribution in [1.29, 1.82) is 0 Å². The van der Waals surface area contributed by atoms with Crippen molar-refractivity contribution >= 4 is 16.8 Å². The monoisotopic (exact) mass is 360 g/mol. The molecular formula is C20H20N6O. The number of nitrogens with one attached hydrogen (secondary N) is 1. The molecule has 1 amide bonds. The number of rotatable bonds is 7. The zero-order valence-corrected chi connectivity index (χ0v) is 14.8. The van der Waals surface area contributed by atoms with E-state index in [1.54, 1.807) is 0 Å². The molecule has 1 N–H and O–H groups in total. The topological polar surface area (TPSA) is 77.6 Å². The van der Waals surface area contributed by atoms with Crippen molar-refractivity contribution < 1.29 is 4.79 Å². The molecule has 2 aromatic heterocycles. The van der Waals surface area contributed by atoms with Crippen molar-refractivity contribution in [2.75, 3.05) is 6.54 Å². The number of tetrazole rings is 1.